The number of likely N-dealkylation sites (tertiary alicyclic amines) is 1. The summed E-state index contributed by atoms with van der Waals surface area (Å²) in [6.45, 7) is 1.57. The van der Waals surface area contributed by atoms with Crippen LogP contribution in [0.4, 0.5) is 0 Å². The third-order valence-electron chi connectivity index (χ3n) is 3.03. The lowest BCUT2D eigenvalue weighted by Gasteiger charge is -2.25. The van der Waals surface area contributed by atoms with Crippen LogP contribution in [0, 0.1) is 0 Å². The van der Waals surface area contributed by atoms with Gasteiger partial charge >= 0.3 is 0 Å². The van der Waals surface area contributed by atoms with Crippen molar-refractivity contribution in [2.45, 2.75) is 25.7 Å². The van der Waals surface area contributed by atoms with Gasteiger partial charge in [0.2, 0.25) is 11.8 Å². The van der Waals surface area contributed by atoms with Crippen molar-refractivity contribution in [3.8, 4) is 0 Å². The van der Waals surface area contributed by atoms with E-state index in [0.717, 1.165) is 25.8 Å². The van der Waals surface area contributed by atoms with Gasteiger partial charge in [-0.2, -0.15) is 0 Å². The smallest absolute Gasteiger partial charge is 0.239 e. The second-order valence-corrected chi connectivity index (χ2v) is 5.48. The van der Waals surface area contributed by atoms with Crippen LogP contribution in [0.15, 0.2) is 17.5 Å². The van der Waals surface area contributed by atoms with Crippen molar-refractivity contribution >= 4 is 23.2 Å². The fourth-order valence-electron chi connectivity index (χ4n) is 2.04. The van der Waals surface area contributed by atoms with Gasteiger partial charge in [0.1, 0.15) is 0 Å². The maximum atomic E-state index is 11.7. The van der Waals surface area contributed by atoms with E-state index in [-0.39, 0.29) is 18.4 Å². The Hall–Kier alpha value is -1.36. The van der Waals surface area contributed by atoms with Crippen molar-refractivity contribution in [1.82, 2.24) is 10.2 Å². The van der Waals surface area contributed by atoms with E-state index in [4.69, 9.17) is 0 Å². The normalized spacial score (nSPS) is 15.8. The minimum Gasteiger partial charge on any atom is -0.354 e. The second kappa shape index (κ2) is 6.54. The summed E-state index contributed by atoms with van der Waals surface area (Å²) in [7, 11) is 0. The van der Waals surface area contributed by atoms with Gasteiger partial charge in [0.25, 0.3) is 0 Å². The number of carbonyl (C=O) groups is 2. The highest BCUT2D eigenvalue weighted by Crippen LogP contribution is 2.10. The standard InChI is InChI=1S/C13H18N2O2S/c16-12(10-15-8-2-1-5-13(15)17)14-7-6-11-4-3-9-18-11/h3-4,9H,1-2,5-8,10H2,(H,14,16). The Bertz CT molecular complexity index is 403. The van der Waals surface area contributed by atoms with Crippen molar-refractivity contribution < 1.29 is 9.59 Å². The molecule has 0 unspecified atom stereocenters. The fraction of sp³-hybridized carbons (Fsp3) is 0.538. The summed E-state index contributed by atoms with van der Waals surface area (Å²) < 4.78 is 0. The van der Waals surface area contributed by atoms with Gasteiger partial charge in [0.15, 0.2) is 0 Å². The molecule has 1 aliphatic heterocycles. The van der Waals surface area contributed by atoms with Gasteiger partial charge in [-0.25, -0.2) is 0 Å². The third kappa shape index (κ3) is 3.84. The Labute approximate surface area is 111 Å². The molecular weight excluding hydrogens is 248 g/mol. The van der Waals surface area contributed by atoms with Crippen LogP contribution in [0.5, 0.6) is 0 Å². The monoisotopic (exact) mass is 266 g/mol. The summed E-state index contributed by atoms with van der Waals surface area (Å²) in [5, 5.41) is 4.89. The number of nitrogens with zero attached hydrogens (tertiary/aromatic N) is 1. The largest absolute Gasteiger partial charge is 0.354 e. The number of hydrogen-bond acceptors (Lipinski definition) is 3. The van der Waals surface area contributed by atoms with Crippen molar-refractivity contribution in [1.29, 1.82) is 0 Å². The molecule has 0 radical (unpaired) electrons. The molecule has 2 heterocycles. The highest BCUT2D eigenvalue weighted by Gasteiger charge is 2.19. The first-order valence-electron chi connectivity index (χ1n) is 6.32. The van der Waals surface area contributed by atoms with Crippen molar-refractivity contribution in [3.05, 3.63) is 22.4 Å². The molecule has 4 nitrogen and oxygen atoms in total. The quantitative estimate of drug-likeness (QED) is 0.876. The number of thiophene rings is 1. The maximum Gasteiger partial charge on any atom is 0.239 e. The van der Waals surface area contributed by atoms with Crippen molar-refractivity contribution in [2.75, 3.05) is 19.6 Å². The van der Waals surface area contributed by atoms with Crippen molar-refractivity contribution in [2.24, 2.45) is 0 Å². The summed E-state index contributed by atoms with van der Waals surface area (Å²) >= 11 is 1.69. The Morgan fingerprint density at radius 3 is 3.06 bits per heavy atom. The average Bonchev–Trinajstić information content (AvgIpc) is 2.85. The van der Waals surface area contributed by atoms with E-state index in [1.165, 1.54) is 4.88 Å². The van der Waals surface area contributed by atoms with Crippen LogP contribution in [-0.4, -0.2) is 36.3 Å². The SMILES string of the molecule is O=C(CN1CCCCC1=O)NCCc1cccs1. The summed E-state index contributed by atoms with van der Waals surface area (Å²) in [6.07, 6.45) is 3.41. The number of piperidine rings is 1. The number of nitrogens with one attached hydrogen (secondary N) is 1. The molecule has 0 aromatic carbocycles. The zero-order chi connectivity index (χ0) is 12.8. The molecular formula is C13H18N2O2S. The van der Waals surface area contributed by atoms with Crippen LogP contribution in [-0.2, 0) is 16.0 Å². The molecule has 1 saturated heterocycles. The highest BCUT2D eigenvalue weighted by atomic mass is 32.1. The number of rotatable bonds is 5. The Morgan fingerprint density at radius 1 is 1.44 bits per heavy atom. The maximum absolute atomic E-state index is 11.7. The summed E-state index contributed by atoms with van der Waals surface area (Å²) in [5.74, 6) is 0.0523. The number of carbonyl (C=O) groups excluding carboxylic acids is 2. The second-order valence-electron chi connectivity index (χ2n) is 4.45. The molecule has 18 heavy (non-hydrogen) atoms. The van der Waals surface area contributed by atoms with E-state index in [1.54, 1.807) is 16.2 Å². The zero-order valence-corrected chi connectivity index (χ0v) is 11.2. The molecule has 1 fully saturated rings. The lowest BCUT2D eigenvalue weighted by molar-refractivity contribution is -0.137. The minimum absolute atomic E-state index is 0.0539. The minimum atomic E-state index is -0.0539. The fourth-order valence-corrected chi connectivity index (χ4v) is 2.75. The van der Waals surface area contributed by atoms with Gasteiger partial charge in [-0.1, -0.05) is 6.07 Å². The van der Waals surface area contributed by atoms with Gasteiger partial charge in [-0.3, -0.25) is 9.59 Å². The highest BCUT2D eigenvalue weighted by molar-refractivity contribution is 7.09. The van der Waals surface area contributed by atoms with Crippen molar-refractivity contribution in [3.63, 3.8) is 0 Å². The van der Waals surface area contributed by atoms with E-state index >= 15 is 0 Å². The predicted octanol–water partition coefficient (Wildman–Crippen LogP) is 1.42. The van der Waals surface area contributed by atoms with E-state index in [2.05, 4.69) is 11.4 Å². The lowest BCUT2D eigenvalue weighted by Crippen LogP contribution is -2.43. The molecule has 1 aliphatic rings. The molecule has 1 aromatic rings. The Balaban J connectivity index is 1.67. The molecule has 1 N–H and O–H groups in total. The zero-order valence-electron chi connectivity index (χ0n) is 10.4. The first kappa shape index (κ1) is 13.1. The molecule has 0 spiro atoms. The molecule has 98 valence electrons. The lowest BCUT2D eigenvalue weighted by atomic mass is 10.1. The van der Waals surface area contributed by atoms with Crippen LogP contribution in [0.2, 0.25) is 0 Å². The molecule has 2 amide bonds. The average molecular weight is 266 g/mol. The Morgan fingerprint density at radius 2 is 2.33 bits per heavy atom. The summed E-state index contributed by atoms with van der Waals surface area (Å²) in [4.78, 5) is 26.1. The summed E-state index contributed by atoms with van der Waals surface area (Å²) in [5.41, 5.74) is 0. The summed E-state index contributed by atoms with van der Waals surface area (Å²) in [6, 6.07) is 4.07. The van der Waals surface area contributed by atoms with Crippen LogP contribution >= 0.6 is 11.3 Å². The molecule has 2 rings (SSSR count). The van der Waals surface area contributed by atoms with E-state index in [1.807, 2.05) is 11.4 Å². The van der Waals surface area contributed by atoms with Gasteiger partial charge in [-0.05, 0) is 30.7 Å². The molecule has 0 saturated carbocycles. The topological polar surface area (TPSA) is 49.4 Å². The van der Waals surface area contributed by atoms with Crippen LogP contribution in [0.3, 0.4) is 0 Å². The van der Waals surface area contributed by atoms with E-state index in [9.17, 15) is 9.59 Å². The molecule has 1 aromatic heterocycles. The third-order valence-corrected chi connectivity index (χ3v) is 3.97. The van der Waals surface area contributed by atoms with Gasteiger partial charge in [0, 0.05) is 24.4 Å². The van der Waals surface area contributed by atoms with E-state index < -0.39 is 0 Å². The first-order chi connectivity index (χ1) is 8.75. The van der Waals surface area contributed by atoms with Gasteiger partial charge < -0.3 is 10.2 Å². The van der Waals surface area contributed by atoms with E-state index in [0.29, 0.717) is 13.0 Å². The number of amides is 2. The predicted molar refractivity (Wildman–Crippen MR) is 71.5 cm³/mol. The van der Waals surface area contributed by atoms with Crippen LogP contribution in [0.1, 0.15) is 24.1 Å². The van der Waals surface area contributed by atoms with Crippen LogP contribution < -0.4 is 5.32 Å². The van der Waals surface area contributed by atoms with Gasteiger partial charge in [0.05, 0.1) is 6.54 Å². The molecule has 0 bridgehead atoms. The number of hydrogen-bond donors (Lipinski definition) is 1. The molecule has 0 atom stereocenters. The molecule has 0 aliphatic carbocycles. The van der Waals surface area contributed by atoms with Gasteiger partial charge in [-0.15, -0.1) is 11.3 Å². The van der Waals surface area contributed by atoms with Crippen LogP contribution in [0.25, 0.3) is 0 Å². The Kier molecular flexibility index (Phi) is 4.75. The molecule has 5 heteroatoms. The first-order valence-corrected chi connectivity index (χ1v) is 7.20.